The maximum absolute atomic E-state index is 12.2. The summed E-state index contributed by atoms with van der Waals surface area (Å²) in [5.74, 6) is 0.822. The van der Waals surface area contributed by atoms with E-state index < -0.39 is 0 Å². The van der Waals surface area contributed by atoms with Crippen LogP contribution < -0.4 is 5.43 Å². The monoisotopic (exact) mass is 457 g/mol. The molecule has 144 valence electrons. The number of thioether (sulfide) groups is 1. The van der Waals surface area contributed by atoms with Crippen molar-refractivity contribution in [2.24, 2.45) is 5.10 Å². The molecule has 0 aliphatic carbocycles. The minimum absolute atomic E-state index is 0.189. The zero-order valence-corrected chi connectivity index (χ0v) is 18.0. The van der Waals surface area contributed by atoms with Gasteiger partial charge in [-0.1, -0.05) is 70.2 Å². The molecule has 1 aromatic heterocycles. The van der Waals surface area contributed by atoms with Crippen LogP contribution in [0.5, 0.6) is 0 Å². The van der Waals surface area contributed by atoms with Crippen LogP contribution in [0.1, 0.15) is 19.4 Å². The first-order chi connectivity index (χ1) is 13.6. The van der Waals surface area contributed by atoms with Crippen molar-refractivity contribution in [3.8, 4) is 11.4 Å². The van der Waals surface area contributed by atoms with Gasteiger partial charge < -0.3 is 4.57 Å². The Bertz CT molecular complexity index is 987. The molecule has 6 nitrogen and oxygen atoms in total. The van der Waals surface area contributed by atoms with E-state index in [1.165, 1.54) is 11.8 Å². The number of hydrazone groups is 1. The van der Waals surface area contributed by atoms with Crippen molar-refractivity contribution in [3.05, 3.63) is 64.6 Å². The number of amides is 1. The molecule has 0 radical (unpaired) electrons. The fourth-order valence-electron chi connectivity index (χ4n) is 2.57. The second-order valence-electron chi connectivity index (χ2n) is 5.95. The van der Waals surface area contributed by atoms with Gasteiger partial charge in [-0.2, -0.15) is 5.10 Å². The number of carbonyl (C=O) groups excluding carboxylic acids is 1. The maximum atomic E-state index is 12.2. The maximum Gasteiger partial charge on any atom is 0.250 e. The molecular formula is C20H20BrN5OS. The molecule has 0 saturated carbocycles. The van der Waals surface area contributed by atoms with Crippen molar-refractivity contribution in [2.45, 2.75) is 25.5 Å². The van der Waals surface area contributed by atoms with Crippen molar-refractivity contribution < 1.29 is 4.79 Å². The Kier molecular flexibility index (Phi) is 7.00. The topological polar surface area (TPSA) is 72.2 Å². The lowest BCUT2D eigenvalue weighted by Gasteiger charge is -2.07. The molecule has 3 aromatic rings. The second-order valence-corrected chi connectivity index (χ2v) is 7.81. The van der Waals surface area contributed by atoms with E-state index in [-0.39, 0.29) is 11.7 Å². The summed E-state index contributed by atoms with van der Waals surface area (Å²) in [5.41, 5.74) is 5.29. The van der Waals surface area contributed by atoms with Gasteiger partial charge in [0.2, 0.25) is 0 Å². The minimum Gasteiger partial charge on any atom is -0.302 e. The van der Waals surface area contributed by atoms with E-state index in [0.717, 1.165) is 33.7 Å². The van der Waals surface area contributed by atoms with E-state index in [1.807, 2.05) is 73.0 Å². The highest BCUT2D eigenvalue weighted by Crippen LogP contribution is 2.23. The standard InChI is InChI=1S/C20H20BrN5OS/c1-3-26-19(15-8-5-4-6-9-15)24-25-20(26)28-13-18(27)23-22-14(2)16-10-7-11-17(21)12-16/h4-12H,3,13H2,1-2H3,(H,23,27)/b22-14+. The van der Waals surface area contributed by atoms with Gasteiger partial charge in [-0.3, -0.25) is 4.79 Å². The first kappa shape index (κ1) is 20.3. The van der Waals surface area contributed by atoms with Crippen LogP contribution in [0, 0.1) is 0 Å². The summed E-state index contributed by atoms with van der Waals surface area (Å²) in [6, 6.07) is 17.7. The number of carbonyl (C=O) groups is 1. The van der Waals surface area contributed by atoms with Gasteiger partial charge >= 0.3 is 0 Å². The lowest BCUT2D eigenvalue weighted by molar-refractivity contribution is -0.118. The molecule has 0 atom stereocenters. The average molecular weight is 458 g/mol. The first-order valence-electron chi connectivity index (χ1n) is 8.79. The van der Waals surface area contributed by atoms with E-state index in [0.29, 0.717) is 5.16 Å². The highest BCUT2D eigenvalue weighted by atomic mass is 79.9. The third kappa shape index (κ3) is 5.08. The molecule has 2 aromatic carbocycles. The molecule has 8 heteroatoms. The Morgan fingerprint density at radius 2 is 1.96 bits per heavy atom. The van der Waals surface area contributed by atoms with E-state index in [1.54, 1.807) is 0 Å². The van der Waals surface area contributed by atoms with E-state index in [2.05, 4.69) is 36.7 Å². The zero-order valence-electron chi connectivity index (χ0n) is 15.6. The molecular weight excluding hydrogens is 438 g/mol. The molecule has 0 aliphatic heterocycles. The molecule has 0 spiro atoms. The van der Waals surface area contributed by atoms with Gasteiger partial charge in [0.15, 0.2) is 11.0 Å². The summed E-state index contributed by atoms with van der Waals surface area (Å²) < 4.78 is 2.97. The van der Waals surface area contributed by atoms with Crippen LogP contribution in [-0.2, 0) is 11.3 Å². The van der Waals surface area contributed by atoms with Gasteiger partial charge in [0, 0.05) is 16.6 Å². The van der Waals surface area contributed by atoms with Gasteiger partial charge in [0.1, 0.15) is 0 Å². The molecule has 0 bridgehead atoms. The number of nitrogens with zero attached hydrogens (tertiary/aromatic N) is 4. The molecule has 0 saturated heterocycles. The molecule has 0 aliphatic rings. The zero-order chi connectivity index (χ0) is 19.9. The van der Waals surface area contributed by atoms with Crippen molar-refractivity contribution >= 4 is 39.3 Å². The predicted molar refractivity (Wildman–Crippen MR) is 116 cm³/mol. The summed E-state index contributed by atoms with van der Waals surface area (Å²) in [5, 5.41) is 13.4. The number of halogens is 1. The fraction of sp³-hybridized carbons (Fsp3) is 0.200. The Morgan fingerprint density at radius 3 is 2.68 bits per heavy atom. The Hall–Kier alpha value is -2.45. The van der Waals surface area contributed by atoms with Crippen LogP contribution in [0.4, 0.5) is 0 Å². The van der Waals surface area contributed by atoms with Crippen LogP contribution in [0.2, 0.25) is 0 Å². The Labute approximate surface area is 176 Å². The van der Waals surface area contributed by atoms with E-state index in [4.69, 9.17) is 0 Å². The number of hydrogen-bond acceptors (Lipinski definition) is 5. The van der Waals surface area contributed by atoms with Crippen molar-refractivity contribution in [3.63, 3.8) is 0 Å². The molecule has 1 heterocycles. The average Bonchev–Trinajstić information content (AvgIpc) is 3.14. The smallest absolute Gasteiger partial charge is 0.250 e. The van der Waals surface area contributed by atoms with E-state index in [9.17, 15) is 4.79 Å². The van der Waals surface area contributed by atoms with Crippen LogP contribution in [0.25, 0.3) is 11.4 Å². The largest absolute Gasteiger partial charge is 0.302 e. The molecule has 28 heavy (non-hydrogen) atoms. The van der Waals surface area contributed by atoms with Gasteiger partial charge in [-0.15, -0.1) is 10.2 Å². The van der Waals surface area contributed by atoms with Gasteiger partial charge in [-0.05, 0) is 31.5 Å². The van der Waals surface area contributed by atoms with Gasteiger partial charge in [-0.25, -0.2) is 5.43 Å². The number of rotatable bonds is 7. The molecule has 3 rings (SSSR count). The van der Waals surface area contributed by atoms with E-state index >= 15 is 0 Å². The first-order valence-corrected chi connectivity index (χ1v) is 10.6. The normalized spacial score (nSPS) is 11.5. The highest BCUT2D eigenvalue weighted by Gasteiger charge is 2.14. The molecule has 0 unspecified atom stereocenters. The molecule has 1 amide bonds. The summed E-state index contributed by atoms with van der Waals surface area (Å²) in [4.78, 5) is 12.2. The van der Waals surface area contributed by atoms with Gasteiger partial charge in [0.25, 0.3) is 5.91 Å². The van der Waals surface area contributed by atoms with Crippen molar-refractivity contribution in [1.82, 2.24) is 20.2 Å². The van der Waals surface area contributed by atoms with Crippen molar-refractivity contribution in [1.29, 1.82) is 0 Å². The number of aromatic nitrogens is 3. The third-order valence-corrected chi connectivity index (χ3v) is 5.45. The van der Waals surface area contributed by atoms with Crippen LogP contribution in [0.3, 0.4) is 0 Å². The quantitative estimate of drug-likeness (QED) is 0.325. The molecule has 1 N–H and O–H groups in total. The van der Waals surface area contributed by atoms with Crippen LogP contribution in [0.15, 0.2) is 69.3 Å². The second kappa shape index (κ2) is 9.66. The minimum atomic E-state index is -0.189. The lowest BCUT2D eigenvalue weighted by atomic mass is 10.1. The number of benzene rings is 2. The summed E-state index contributed by atoms with van der Waals surface area (Å²) in [7, 11) is 0. The Balaban J connectivity index is 1.62. The summed E-state index contributed by atoms with van der Waals surface area (Å²) in [6.45, 7) is 4.61. The highest BCUT2D eigenvalue weighted by molar-refractivity contribution is 9.10. The third-order valence-electron chi connectivity index (χ3n) is 3.99. The number of hydrogen-bond donors (Lipinski definition) is 1. The summed E-state index contributed by atoms with van der Waals surface area (Å²) in [6.07, 6.45) is 0. The molecule has 0 fully saturated rings. The van der Waals surface area contributed by atoms with Crippen molar-refractivity contribution in [2.75, 3.05) is 5.75 Å². The fourth-order valence-corrected chi connectivity index (χ4v) is 3.76. The van der Waals surface area contributed by atoms with Crippen LogP contribution >= 0.6 is 27.7 Å². The lowest BCUT2D eigenvalue weighted by Crippen LogP contribution is -2.21. The van der Waals surface area contributed by atoms with Gasteiger partial charge in [0.05, 0.1) is 11.5 Å². The predicted octanol–water partition coefficient (Wildman–Crippen LogP) is 4.36. The SMILES string of the molecule is CCn1c(SCC(=O)N/N=C(\C)c2cccc(Br)c2)nnc1-c1ccccc1. The Morgan fingerprint density at radius 1 is 1.18 bits per heavy atom. The number of nitrogens with one attached hydrogen (secondary N) is 1. The van der Waals surface area contributed by atoms with Crippen LogP contribution in [-0.4, -0.2) is 32.1 Å². The summed E-state index contributed by atoms with van der Waals surface area (Å²) >= 11 is 4.78.